The first-order chi connectivity index (χ1) is 15.6. The molecule has 3 unspecified atom stereocenters. The Kier molecular flexibility index (Phi) is 6.63. The molecule has 4 heteroatoms. The van der Waals surface area contributed by atoms with E-state index in [0.29, 0.717) is 12.4 Å². The van der Waals surface area contributed by atoms with Crippen LogP contribution in [0.5, 0.6) is 11.5 Å². The van der Waals surface area contributed by atoms with Gasteiger partial charge in [0.25, 0.3) is 0 Å². The maximum atomic E-state index is 6.72. The third-order valence-electron chi connectivity index (χ3n) is 6.29. The van der Waals surface area contributed by atoms with E-state index in [2.05, 4.69) is 74.0 Å². The molecule has 4 rings (SSSR count). The Balaban J connectivity index is 1.62. The Morgan fingerprint density at radius 3 is 2.34 bits per heavy atom. The van der Waals surface area contributed by atoms with Crippen LogP contribution in [0.15, 0.2) is 91.5 Å². The molecule has 3 atom stereocenters. The summed E-state index contributed by atoms with van der Waals surface area (Å²) in [6, 6.07) is 26.9. The van der Waals surface area contributed by atoms with E-state index >= 15 is 0 Å². The predicted octanol–water partition coefficient (Wildman–Crippen LogP) is 5.75. The summed E-state index contributed by atoms with van der Waals surface area (Å²) < 4.78 is 18.6. The number of allylic oxidation sites excluding steroid dienone is 1. The van der Waals surface area contributed by atoms with Crippen LogP contribution < -0.4 is 9.47 Å². The van der Waals surface area contributed by atoms with Crippen molar-refractivity contribution in [3.8, 4) is 11.5 Å². The summed E-state index contributed by atoms with van der Waals surface area (Å²) in [5, 5.41) is 0. The highest BCUT2D eigenvalue weighted by Crippen LogP contribution is 2.46. The molecule has 0 spiro atoms. The zero-order valence-corrected chi connectivity index (χ0v) is 19.0. The van der Waals surface area contributed by atoms with E-state index < -0.39 is 5.72 Å². The SMILES string of the molecule is C=CCc1ccc(OCC2OC(C)(c3ccccc3)N(C)C2c2ccccc2)c(OC)c1. The number of hydrogen-bond acceptors (Lipinski definition) is 4. The topological polar surface area (TPSA) is 30.9 Å². The Hall–Kier alpha value is -3.08. The van der Waals surface area contributed by atoms with Gasteiger partial charge in [-0.25, -0.2) is 0 Å². The van der Waals surface area contributed by atoms with Gasteiger partial charge in [-0.3, -0.25) is 4.90 Å². The molecule has 0 bridgehead atoms. The molecular formula is C28H31NO3. The second kappa shape index (κ2) is 9.60. The summed E-state index contributed by atoms with van der Waals surface area (Å²) in [5.74, 6) is 1.43. The number of ether oxygens (including phenoxy) is 3. The standard InChI is InChI=1S/C28H31NO3/c1-5-12-21-17-18-24(25(19-21)30-4)31-20-26-27(22-13-8-6-9-14-22)29(3)28(2,32-26)23-15-10-7-11-16-23/h5-11,13-19,26-27H,1,12,20H2,2-4H3. The number of likely N-dealkylation sites (N-methyl/N-ethyl adjacent to an activating group) is 1. The average molecular weight is 430 g/mol. The van der Waals surface area contributed by atoms with E-state index in [1.807, 2.05) is 36.4 Å². The van der Waals surface area contributed by atoms with Gasteiger partial charge in [0.05, 0.1) is 13.2 Å². The summed E-state index contributed by atoms with van der Waals surface area (Å²) in [5.41, 5.74) is 2.90. The van der Waals surface area contributed by atoms with Crippen LogP contribution in [0.2, 0.25) is 0 Å². The minimum atomic E-state index is -0.562. The quantitative estimate of drug-likeness (QED) is 0.427. The van der Waals surface area contributed by atoms with Crippen LogP contribution in [0.1, 0.15) is 29.7 Å². The molecule has 3 aromatic carbocycles. The van der Waals surface area contributed by atoms with Crippen molar-refractivity contribution < 1.29 is 14.2 Å². The average Bonchev–Trinajstić information content (AvgIpc) is 3.10. The molecule has 0 radical (unpaired) electrons. The molecule has 1 aliphatic rings. The Morgan fingerprint density at radius 2 is 1.69 bits per heavy atom. The van der Waals surface area contributed by atoms with E-state index in [9.17, 15) is 0 Å². The highest BCUT2D eigenvalue weighted by molar-refractivity contribution is 5.43. The highest BCUT2D eigenvalue weighted by atomic mass is 16.6. The Bertz CT molecular complexity index is 1040. The number of benzene rings is 3. The molecule has 0 aromatic heterocycles. The van der Waals surface area contributed by atoms with Crippen molar-refractivity contribution >= 4 is 0 Å². The zero-order chi connectivity index (χ0) is 22.6. The first kappa shape index (κ1) is 22.1. The van der Waals surface area contributed by atoms with Crippen molar-refractivity contribution in [2.45, 2.75) is 31.2 Å². The minimum absolute atomic E-state index is 0.0486. The van der Waals surface area contributed by atoms with Crippen molar-refractivity contribution in [1.29, 1.82) is 0 Å². The summed E-state index contributed by atoms with van der Waals surface area (Å²) in [4.78, 5) is 2.30. The van der Waals surface area contributed by atoms with Gasteiger partial charge in [-0.05, 0) is 49.2 Å². The third-order valence-corrected chi connectivity index (χ3v) is 6.29. The van der Waals surface area contributed by atoms with Crippen LogP contribution in [-0.2, 0) is 16.9 Å². The first-order valence-electron chi connectivity index (χ1n) is 11.0. The number of rotatable bonds is 8. The summed E-state index contributed by atoms with van der Waals surface area (Å²) in [6.45, 7) is 6.35. The normalized spacial score (nSPS) is 23.1. The molecular weight excluding hydrogens is 398 g/mol. The van der Waals surface area contributed by atoms with E-state index in [1.54, 1.807) is 7.11 Å². The zero-order valence-electron chi connectivity index (χ0n) is 19.0. The first-order valence-corrected chi connectivity index (χ1v) is 11.0. The molecule has 1 heterocycles. The summed E-state index contributed by atoms with van der Waals surface area (Å²) in [7, 11) is 3.79. The van der Waals surface area contributed by atoms with Crippen LogP contribution >= 0.6 is 0 Å². The van der Waals surface area contributed by atoms with Gasteiger partial charge in [0.1, 0.15) is 18.4 Å². The number of hydrogen-bond donors (Lipinski definition) is 0. The van der Waals surface area contributed by atoms with Crippen molar-refractivity contribution in [1.82, 2.24) is 4.90 Å². The molecule has 3 aromatic rings. The maximum Gasteiger partial charge on any atom is 0.161 e. The van der Waals surface area contributed by atoms with Crippen LogP contribution in [-0.4, -0.2) is 31.8 Å². The monoisotopic (exact) mass is 429 g/mol. The molecule has 166 valence electrons. The molecule has 1 aliphatic heterocycles. The molecule has 4 nitrogen and oxygen atoms in total. The van der Waals surface area contributed by atoms with Crippen molar-refractivity contribution in [3.05, 3.63) is 108 Å². The summed E-state index contributed by atoms with van der Waals surface area (Å²) in [6.07, 6.45) is 2.51. The molecule has 0 N–H and O–H groups in total. The Morgan fingerprint density at radius 1 is 1.00 bits per heavy atom. The molecule has 32 heavy (non-hydrogen) atoms. The predicted molar refractivity (Wildman–Crippen MR) is 128 cm³/mol. The van der Waals surface area contributed by atoms with Crippen LogP contribution in [0, 0.1) is 0 Å². The molecule has 0 saturated carbocycles. The fourth-order valence-corrected chi connectivity index (χ4v) is 4.49. The van der Waals surface area contributed by atoms with Gasteiger partial charge >= 0.3 is 0 Å². The maximum absolute atomic E-state index is 6.72. The van der Waals surface area contributed by atoms with Gasteiger partial charge in [-0.2, -0.15) is 0 Å². The fourth-order valence-electron chi connectivity index (χ4n) is 4.49. The lowest BCUT2D eigenvalue weighted by Gasteiger charge is -2.33. The van der Waals surface area contributed by atoms with Crippen LogP contribution in [0.4, 0.5) is 0 Å². The van der Waals surface area contributed by atoms with Gasteiger partial charge in [-0.1, -0.05) is 72.8 Å². The van der Waals surface area contributed by atoms with Crippen LogP contribution in [0.25, 0.3) is 0 Å². The van der Waals surface area contributed by atoms with E-state index in [0.717, 1.165) is 23.3 Å². The van der Waals surface area contributed by atoms with E-state index in [1.165, 1.54) is 5.56 Å². The second-order valence-corrected chi connectivity index (χ2v) is 8.26. The fraction of sp³-hybridized carbons (Fsp3) is 0.286. The van der Waals surface area contributed by atoms with E-state index in [-0.39, 0.29) is 12.1 Å². The molecule has 1 fully saturated rings. The van der Waals surface area contributed by atoms with Gasteiger partial charge < -0.3 is 14.2 Å². The van der Waals surface area contributed by atoms with Crippen LogP contribution in [0.3, 0.4) is 0 Å². The van der Waals surface area contributed by atoms with Crippen molar-refractivity contribution in [3.63, 3.8) is 0 Å². The number of methoxy groups -OCH3 is 1. The van der Waals surface area contributed by atoms with Crippen molar-refractivity contribution in [2.75, 3.05) is 20.8 Å². The van der Waals surface area contributed by atoms with Gasteiger partial charge in [0.2, 0.25) is 0 Å². The number of nitrogens with zero attached hydrogens (tertiary/aromatic N) is 1. The molecule has 0 aliphatic carbocycles. The molecule has 1 saturated heterocycles. The second-order valence-electron chi connectivity index (χ2n) is 8.26. The lowest BCUT2D eigenvalue weighted by Crippen LogP contribution is -2.37. The molecule has 0 amide bonds. The minimum Gasteiger partial charge on any atom is -0.493 e. The van der Waals surface area contributed by atoms with Crippen molar-refractivity contribution in [2.24, 2.45) is 0 Å². The largest absolute Gasteiger partial charge is 0.493 e. The van der Waals surface area contributed by atoms with E-state index in [4.69, 9.17) is 14.2 Å². The smallest absolute Gasteiger partial charge is 0.161 e. The Labute approximate surface area is 191 Å². The van der Waals surface area contributed by atoms with Gasteiger partial charge in [0, 0.05) is 0 Å². The lowest BCUT2D eigenvalue weighted by molar-refractivity contribution is -0.0961. The van der Waals surface area contributed by atoms with Gasteiger partial charge in [-0.15, -0.1) is 6.58 Å². The lowest BCUT2D eigenvalue weighted by atomic mass is 9.99. The third kappa shape index (κ3) is 4.29. The van der Waals surface area contributed by atoms with Gasteiger partial charge in [0.15, 0.2) is 11.5 Å². The summed E-state index contributed by atoms with van der Waals surface area (Å²) >= 11 is 0. The highest BCUT2D eigenvalue weighted by Gasteiger charge is 2.49.